The Bertz CT molecular complexity index is 530. The summed E-state index contributed by atoms with van der Waals surface area (Å²) in [6.45, 7) is 8.49. The van der Waals surface area contributed by atoms with Gasteiger partial charge in [-0.05, 0) is 38.8 Å². The maximum atomic E-state index is 5.64. The second-order valence-corrected chi connectivity index (χ2v) is 5.51. The lowest BCUT2D eigenvalue weighted by Gasteiger charge is -2.23. The summed E-state index contributed by atoms with van der Waals surface area (Å²) in [5.41, 5.74) is 2.62. The van der Waals surface area contributed by atoms with Crippen LogP contribution in [-0.2, 0) is 0 Å². The predicted molar refractivity (Wildman–Crippen MR) is 83.8 cm³/mol. The standard InChI is InChI=1S/C18H25NO/c1-5-9-18(16-10-7-6-8-11-16)19-14(3)17-12-13(2)20-15(17)4/h6-8,10-12,14,18-19H,5,9H2,1-4H3. The maximum Gasteiger partial charge on any atom is 0.105 e. The molecule has 2 atom stereocenters. The van der Waals surface area contributed by atoms with Gasteiger partial charge in [0, 0.05) is 17.6 Å². The van der Waals surface area contributed by atoms with Gasteiger partial charge in [-0.1, -0.05) is 43.7 Å². The molecule has 1 aromatic carbocycles. The molecule has 0 saturated carbocycles. The number of rotatable bonds is 6. The smallest absolute Gasteiger partial charge is 0.105 e. The van der Waals surface area contributed by atoms with E-state index in [0.717, 1.165) is 17.9 Å². The zero-order chi connectivity index (χ0) is 14.5. The van der Waals surface area contributed by atoms with Crippen molar-refractivity contribution < 1.29 is 4.42 Å². The van der Waals surface area contributed by atoms with E-state index in [9.17, 15) is 0 Å². The number of hydrogen-bond acceptors (Lipinski definition) is 2. The molecular weight excluding hydrogens is 246 g/mol. The lowest BCUT2D eigenvalue weighted by Crippen LogP contribution is -2.24. The van der Waals surface area contributed by atoms with Gasteiger partial charge in [0.25, 0.3) is 0 Å². The molecule has 0 saturated heterocycles. The molecule has 108 valence electrons. The Labute approximate surface area is 122 Å². The number of furan rings is 1. The summed E-state index contributed by atoms with van der Waals surface area (Å²) in [6, 6.07) is 13.5. The first kappa shape index (κ1) is 14.9. The fourth-order valence-electron chi connectivity index (χ4n) is 2.79. The average molecular weight is 271 g/mol. The predicted octanol–water partition coefficient (Wildman–Crippen LogP) is 5.09. The van der Waals surface area contributed by atoms with Crippen molar-refractivity contribution in [2.24, 2.45) is 0 Å². The molecule has 0 bridgehead atoms. The van der Waals surface area contributed by atoms with Gasteiger partial charge in [0.2, 0.25) is 0 Å². The number of hydrogen-bond donors (Lipinski definition) is 1. The number of nitrogens with one attached hydrogen (secondary N) is 1. The third kappa shape index (κ3) is 3.51. The van der Waals surface area contributed by atoms with Crippen LogP contribution in [0.2, 0.25) is 0 Å². The van der Waals surface area contributed by atoms with Crippen molar-refractivity contribution in [2.45, 2.75) is 52.6 Å². The zero-order valence-electron chi connectivity index (χ0n) is 12.9. The van der Waals surface area contributed by atoms with Crippen molar-refractivity contribution in [3.05, 3.63) is 59.0 Å². The van der Waals surface area contributed by atoms with Crippen molar-refractivity contribution in [1.29, 1.82) is 0 Å². The highest BCUT2D eigenvalue weighted by atomic mass is 16.3. The first-order chi connectivity index (χ1) is 9.61. The highest BCUT2D eigenvalue weighted by molar-refractivity contribution is 5.25. The fraction of sp³-hybridized carbons (Fsp3) is 0.444. The van der Waals surface area contributed by atoms with Crippen molar-refractivity contribution in [3.8, 4) is 0 Å². The molecule has 1 heterocycles. The lowest BCUT2D eigenvalue weighted by atomic mass is 10.00. The van der Waals surface area contributed by atoms with E-state index < -0.39 is 0 Å². The molecule has 0 aliphatic carbocycles. The summed E-state index contributed by atoms with van der Waals surface area (Å²) >= 11 is 0. The van der Waals surface area contributed by atoms with Crippen LogP contribution in [0.4, 0.5) is 0 Å². The Morgan fingerprint density at radius 1 is 1.15 bits per heavy atom. The van der Waals surface area contributed by atoms with Gasteiger partial charge in [0.05, 0.1) is 0 Å². The Kier molecular flexibility index (Phi) is 5.02. The fourth-order valence-corrected chi connectivity index (χ4v) is 2.79. The Morgan fingerprint density at radius 2 is 1.85 bits per heavy atom. The van der Waals surface area contributed by atoms with E-state index in [1.165, 1.54) is 17.5 Å². The summed E-state index contributed by atoms with van der Waals surface area (Å²) in [6.07, 6.45) is 2.31. The molecule has 0 aliphatic rings. The first-order valence-corrected chi connectivity index (χ1v) is 7.49. The van der Waals surface area contributed by atoms with E-state index in [1.807, 2.05) is 13.8 Å². The van der Waals surface area contributed by atoms with E-state index in [0.29, 0.717) is 12.1 Å². The first-order valence-electron chi connectivity index (χ1n) is 7.49. The quantitative estimate of drug-likeness (QED) is 0.791. The second-order valence-electron chi connectivity index (χ2n) is 5.51. The number of benzene rings is 1. The van der Waals surface area contributed by atoms with Crippen LogP contribution < -0.4 is 5.32 Å². The van der Waals surface area contributed by atoms with Crippen molar-refractivity contribution >= 4 is 0 Å². The largest absolute Gasteiger partial charge is 0.466 e. The summed E-state index contributed by atoms with van der Waals surface area (Å²) < 4.78 is 5.64. The minimum atomic E-state index is 0.296. The zero-order valence-corrected chi connectivity index (χ0v) is 12.9. The third-order valence-corrected chi connectivity index (χ3v) is 3.78. The van der Waals surface area contributed by atoms with Gasteiger partial charge in [-0.25, -0.2) is 0 Å². The van der Waals surface area contributed by atoms with Crippen LogP contribution in [-0.4, -0.2) is 0 Å². The van der Waals surface area contributed by atoms with Crippen LogP contribution in [0.25, 0.3) is 0 Å². The Balaban J connectivity index is 2.14. The molecule has 2 heteroatoms. The topological polar surface area (TPSA) is 25.2 Å². The van der Waals surface area contributed by atoms with Gasteiger partial charge in [0.15, 0.2) is 0 Å². The molecular formula is C18H25NO. The highest BCUT2D eigenvalue weighted by Gasteiger charge is 2.17. The molecule has 0 radical (unpaired) electrons. The van der Waals surface area contributed by atoms with Gasteiger partial charge >= 0.3 is 0 Å². The van der Waals surface area contributed by atoms with Crippen LogP contribution in [0.5, 0.6) is 0 Å². The van der Waals surface area contributed by atoms with E-state index in [4.69, 9.17) is 4.42 Å². The molecule has 2 nitrogen and oxygen atoms in total. The minimum absolute atomic E-state index is 0.296. The molecule has 0 fully saturated rings. The summed E-state index contributed by atoms with van der Waals surface area (Å²) in [4.78, 5) is 0. The van der Waals surface area contributed by atoms with Crippen molar-refractivity contribution in [2.75, 3.05) is 0 Å². The van der Waals surface area contributed by atoms with Gasteiger partial charge in [-0.3, -0.25) is 0 Å². The Hall–Kier alpha value is -1.54. The van der Waals surface area contributed by atoms with Gasteiger partial charge in [-0.2, -0.15) is 0 Å². The van der Waals surface area contributed by atoms with Crippen LogP contribution in [0.15, 0.2) is 40.8 Å². The summed E-state index contributed by atoms with van der Waals surface area (Å²) in [5, 5.41) is 3.74. The molecule has 1 N–H and O–H groups in total. The van der Waals surface area contributed by atoms with Gasteiger partial charge in [0.1, 0.15) is 11.5 Å². The van der Waals surface area contributed by atoms with Crippen LogP contribution in [0, 0.1) is 13.8 Å². The Morgan fingerprint density at radius 3 is 2.40 bits per heavy atom. The van der Waals surface area contributed by atoms with E-state index >= 15 is 0 Å². The van der Waals surface area contributed by atoms with Gasteiger partial charge < -0.3 is 9.73 Å². The minimum Gasteiger partial charge on any atom is -0.466 e. The van der Waals surface area contributed by atoms with E-state index in [2.05, 4.69) is 55.6 Å². The maximum absolute atomic E-state index is 5.64. The molecule has 0 amide bonds. The van der Waals surface area contributed by atoms with Crippen LogP contribution >= 0.6 is 0 Å². The summed E-state index contributed by atoms with van der Waals surface area (Å²) in [5.74, 6) is 2.00. The van der Waals surface area contributed by atoms with Gasteiger partial charge in [-0.15, -0.1) is 0 Å². The lowest BCUT2D eigenvalue weighted by molar-refractivity contribution is 0.431. The second kappa shape index (κ2) is 6.76. The SMILES string of the molecule is CCCC(NC(C)c1cc(C)oc1C)c1ccccc1. The van der Waals surface area contributed by atoms with Crippen LogP contribution in [0.3, 0.4) is 0 Å². The van der Waals surface area contributed by atoms with E-state index in [-0.39, 0.29) is 0 Å². The molecule has 1 aromatic heterocycles. The molecule has 0 aliphatic heterocycles. The van der Waals surface area contributed by atoms with Crippen molar-refractivity contribution in [3.63, 3.8) is 0 Å². The normalized spacial score (nSPS) is 14.2. The molecule has 0 spiro atoms. The molecule has 2 rings (SSSR count). The molecule has 2 unspecified atom stereocenters. The van der Waals surface area contributed by atoms with Crippen molar-refractivity contribution in [1.82, 2.24) is 5.32 Å². The highest BCUT2D eigenvalue weighted by Crippen LogP contribution is 2.26. The molecule has 2 aromatic rings. The molecule has 20 heavy (non-hydrogen) atoms. The van der Waals surface area contributed by atoms with E-state index in [1.54, 1.807) is 0 Å². The third-order valence-electron chi connectivity index (χ3n) is 3.78. The van der Waals surface area contributed by atoms with Crippen LogP contribution in [0.1, 0.15) is 61.4 Å². The summed E-state index contributed by atoms with van der Waals surface area (Å²) in [7, 11) is 0. The monoisotopic (exact) mass is 271 g/mol. The average Bonchev–Trinajstić information content (AvgIpc) is 2.78. The number of aryl methyl sites for hydroxylation is 2.